The van der Waals surface area contributed by atoms with E-state index in [9.17, 15) is 0 Å². The molecule has 2 N–H and O–H groups in total. The van der Waals surface area contributed by atoms with Crippen molar-refractivity contribution in [3.05, 3.63) is 34.9 Å². The van der Waals surface area contributed by atoms with E-state index < -0.39 is 11.9 Å². The molecule has 1 saturated heterocycles. The van der Waals surface area contributed by atoms with Crippen LogP contribution in [0.5, 0.6) is 0 Å². The first-order valence-electron chi connectivity index (χ1n) is 8.55. The quantitative estimate of drug-likeness (QED) is 0.776. The second-order valence-electron chi connectivity index (χ2n) is 5.98. The van der Waals surface area contributed by atoms with Crippen molar-refractivity contribution in [3.8, 4) is 0 Å². The highest BCUT2D eigenvalue weighted by Gasteiger charge is 2.21. The molecule has 0 aromatic heterocycles. The van der Waals surface area contributed by atoms with Crippen LogP contribution < -0.4 is 0 Å². The lowest BCUT2D eigenvalue weighted by atomic mass is 10.1. The van der Waals surface area contributed by atoms with Gasteiger partial charge in [0.1, 0.15) is 0 Å². The molecule has 1 aliphatic heterocycles. The molecule has 1 fully saturated rings. The molecule has 0 saturated carbocycles. The van der Waals surface area contributed by atoms with Gasteiger partial charge >= 0.3 is 11.9 Å². The number of aliphatic carboxylic acids is 2. The summed E-state index contributed by atoms with van der Waals surface area (Å²) in [6.07, 6.45) is 2.53. The van der Waals surface area contributed by atoms with E-state index in [-0.39, 0.29) is 0 Å². The van der Waals surface area contributed by atoms with Gasteiger partial charge in [0, 0.05) is 43.8 Å². The van der Waals surface area contributed by atoms with Crippen molar-refractivity contribution < 1.29 is 19.8 Å². The Morgan fingerprint density at radius 3 is 2.00 bits per heavy atom. The van der Waals surface area contributed by atoms with Crippen molar-refractivity contribution in [2.24, 2.45) is 0 Å². The van der Waals surface area contributed by atoms with E-state index >= 15 is 0 Å². The van der Waals surface area contributed by atoms with Crippen LogP contribution in [0.3, 0.4) is 0 Å². The average Bonchev–Trinajstić information content (AvgIpc) is 2.60. The van der Waals surface area contributed by atoms with E-state index in [2.05, 4.69) is 35.8 Å². The van der Waals surface area contributed by atoms with E-state index in [0.29, 0.717) is 0 Å². The van der Waals surface area contributed by atoms with Crippen molar-refractivity contribution in [1.82, 2.24) is 9.80 Å². The van der Waals surface area contributed by atoms with Gasteiger partial charge in [-0.15, -0.1) is 0 Å². The molecule has 25 heavy (non-hydrogen) atoms. The second kappa shape index (κ2) is 11.1. The van der Waals surface area contributed by atoms with E-state index in [1.165, 1.54) is 31.5 Å². The number of hydrogen-bond acceptors (Lipinski definition) is 4. The lowest BCUT2D eigenvalue weighted by Crippen LogP contribution is -2.49. The summed E-state index contributed by atoms with van der Waals surface area (Å²) in [6.45, 7) is 10.3. The Labute approximate surface area is 154 Å². The number of piperazine rings is 1. The van der Waals surface area contributed by atoms with Crippen molar-refractivity contribution >= 4 is 23.5 Å². The van der Waals surface area contributed by atoms with Crippen LogP contribution in [0, 0.1) is 0 Å². The zero-order chi connectivity index (χ0) is 18.8. The fourth-order valence-electron chi connectivity index (χ4n) is 2.96. The van der Waals surface area contributed by atoms with Crippen molar-refractivity contribution in [3.63, 3.8) is 0 Å². The fraction of sp³-hybridized carbons (Fsp3) is 0.556. The Balaban J connectivity index is 0.000000450. The number of carboxylic acid groups (broad SMARTS) is 2. The van der Waals surface area contributed by atoms with Crippen LogP contribution in [0.2, 0.25) is 5.02 Å². The number of hydrogen-bond donors (Lipinski definition) is 2. The zero-order valence-corrected chi connectivity index (χ0v) is 15.6. The molecule has 1 aliphatic rings. The molecular formula is C18H27ClN2O4. The highest BCUT2D eigenvalue weighted by molar-refractivity contribution is 6.31. The third-order valence-corrected chi connectivity index (χ3v) is 4.77. The lowest BCUT2D eigenvalue weighted by Gasteiger charge is -2.39. The Kier molecular flexibility index (Phi) is 9.49. The van der Waals surface area contributed by atoms with Gasteiger partial charge in [0.15, 0.2) is 0 Å². The summed E-state index contributed by atoms with van der Waals surface area (Å²) >= 11 is 6.23. The molecule has 1 heterocycles. The van der Waals surface area contributed by atoms with Gasteiger partial charge in [-0.25, -0.2) is 9.59 Å². The highest BCUT2D eigenvalue weighted by Crippen LogP contribution is 2.19. The van der Waals surface area contributed by atoms with Gasteiger partial charge in [-0.05, 0) is 24.5 Å². The summed E-state index contributed by atoms with van der Waals surface area (Å²) in [5.41, 5.74) is 1.25. The molecular weight excluding hydrogens is 344 g/mol. The minimum Gasteiger partial charge on any atom is -0.473 e. The third kappa shape index (κ3) is 7.42. The predicted molar refractivity (Wildman–Crippen MR) is 97.9 cm³/mol. The first-order chi connectivity index (χ1) is 11.9. The number of carbonyl (C=O) groups is 2. The molecule has 0 amide bonds. The Hall–Kier alpha value is -1.63. The van der Waals surface area contributed by atoms with E-state index in [0.717, 1.165) is 30.7 Å². The predicted octanol–water partition coefficient (Wildman–Crippen LogP) is 2.80. The number of nitrogens with zero attached hydrogens (tertiary/aromatic N) is 2. The fourth-order valence-corrected chi connectivity index (χ4v) is 3.15. The molecule has 0 radical (unpaired) electrons. The molecule has 7 heteroatoms. The van der Waals surface area contributed by atoms with Gasteiger partial charge < -0.3 is 10.2 Å². The zero-order valence-electron chi connectivity index (χ0n) is 14.8. The smallest absolute Gasteiger partial charge is 0.414 e. The number of benzene rings is 1. The van der Waals surface area contributed by atoms with Crippen LogP contribution in [-0.2, 0) is 16.1 Å². The summed E-state index contributed by atoms with van der Waals surface area (Å²) in [5, 5.41) is 15.7. The molecule has 0 aliphatic carbocycles. The molecule has 0 spiro atoms. The van der Waals surface area contributed by atoms with Crippen LogP contribution in [0.4, 0.5) is 0 Å². The van der Waals surface area contributed by atoms with Gasteiger partial charge in [-0.2, -0.15) is 0 Å². The van der Waals surface area contributed by atoms with E-state index in [1.807, 2.05) is 12.1 Å². The van der Waals surface area contributed by atoms with Crippen LogP contribution in [0.1, 0.15) is 32.3 Å². The van der Waals surface area contributed by atoms with Crippen LogP contribution >= 0.6 is 11.6 Å². The number of halogens is 1. The maximum absolute atomic E-state index is 9.10. The number of rotatable bonds is 5. The van der Waals surface area contributed by atoms with Gasteiger partial charge in [-0.3, -0.25) is 9.80 Å². The summed E-state index contributed by atoms with van der Waals surface area (Å²) in [5.74, 6) is -3.65. The standard InChI is InChI=1S/C16H25ClN2.C2H2O4/c1-3-15(4-2)19-11-9-18(10-12-19)13-14-7-5-6-8-16(14)17;3-1(4)2(5)6/h5-8,15H,3-4,9-13H2,1-2H3;(H,3,4)(H,5,6). The van der Waals surface area contributed by atoms with Gasteiger partial charge in [-0.1, -0.05) is 43.6 Å². The largest absolute Gasteiger partial charge is 0.473 e. The SMILES string of the molecule is CCC(CC)N1CCN(Cc2ccccc2Cl)CC1.O=C(O)C(=O)O. The van der Waals surface area contributed by atoms with Gasteiger partial charge in [0.05, 0.1) is 0 Å². The minimum absolute atomic E-state index is 0.766. The first kappa shape index (κ1) is 21.4. The van der Waals surface area contributed by atoms with Gasteiger partial charge in [0.2, 0.25) is 0 Å². The van der Waals surface area contributed by atoms with Crippen LogP contribution in [0.15, 0.2) is 24.3 Å². The van der Waals surface area contributed by atoms with Gasteiger partial charge in [0.25, 0.3) is 0 Å². The van der Waals surface area contributed by atoms with Crippen LogP contribution in [-0.4, -0.2) is 64.2 Å². The van der Waals surface area contributed by atoms with Crippen molar-refractivity contribution in [2.45, 2.75) is 39.3 Å². The van der Waals surface area contributed by atoms with Crippen LogP contribution in [0.25, 0.3) is 0 Å². The average molecular weight is 371 g/mol. The molecule has 0 atom stereocenters. The normalized spacial score (nSPS) is 15.5. The molecule has 0 bridgehead atoms. The monoisotopic (exact) mass is 370 g/mol. The maximum Gasteiger partial charge on any atom is 0.414 e. The molecule has 0 unspecified atom stereocenters. The molecule has 2 rings (SSSR count). The number of carboxylic acids is 2. The molecule has 1 aromatic rings. The first-order valence-corrected chi connectivity index (χ1v) is 8.92. The molecule has 1 aromatic carbocycles. The summed E-state index contributed by atoms with van der Waals surface area (Å²) in [7, 11) is 0. The molecule has 140 valence electrons. The Morgan fingerprint density at radius 2 is 1.56 bits per heavy atom. The topological polar surface area (TPSA) is 81.1 Å². The minimum atomic E-state index is -1.82. The molecule has 6 nitrogen and oxygen atoms in total. The lowest BCUT2D eigenvalue weighted by molar-refractivity contribution is -0.159. The van der Waals surface area contributed by atoms with E-state index in [4.69, 9.17) is 31.4 Å². The Bertz CT molecular complexity index is 544. The summed E-state index contributed by atoms with van der Waals surface area (Å²) in [4.78, 5) is 23.4. The third-order valence-electron chi connectivity index (χ3n) is 4.40. The summed E-state index contributed by atoms with van der Waals surface area (Å²) < 4.78 is 0. The Morgan fingerprint density at radius 1 is 1.04 bits per heavy atom. The second-order valence-corrected chi connectivity index (χ2v) is 6.39. The van der Waals surface area contributed by atoms with Crippen molar-refractivity contribution in [2.75, 3.05) is 26.2 Å². The maximum atomic E-state index is 9.10. The van der Waals surface area contributed by atoms with Crippen molar-refractivity contribution in [1.29, 1.82) is 0 Å². The summed E-state index contributed by atoms with van der Waals surface area (Å²) in [6, 6.07) is 8.95. The highest BCUT2D eigenvalue weighted by atomic mass is 35.5. The van der Waals surface area contributed by atoms with E-state index in [1.54, 1.807) is 0 Å².